The number of hydrogen-bond donors (Lipinski definition) is 0. The Labute approximate surface area is 75.7 Å². The summed E-state index contributed by atoms with van der Waals surface area (Å²) in [6, 6.07) is 0. The summed E-state index contributed by atoms with van der Waals surface area (Å²) in [6.45, 7) is 0. The molecule has 0 amide bonds. The van der Waals surface area contributed by atoms with Crippen molar-refractivity contribution in [2.45, 2.75) is 19.3 Å². The lowest BCUT2D eigenvalue weighted by Gasteiger charge is -1.91. The molecule has 0 aliphatic carbocycles. The van der Waals surface area contributed by atoms with Gasteiger partial charge in [0.25, 0.3) is 0 Å². The lowest BCUT2D eigenvalue weighted by atomic mass is 10.2. The first-order valence-electron chi connectivity index (χ1n) is 3.61. The Morgan fingerprint density at radius 2 is 2.27 bits per heavy atom. The number of rotatable bonds is 5. The monoisotopic (exact) mass is 220 g/mol. The van der Waals surface area contributed by atoms with Crippen molar-refractivity contribution in [1.82, 2.24) is 0 Å². The smallest absolute Gasteiger partial charge is 0.330 e. The summed E-state index contributed by atoms with van der Waals surface area (Å²) in [7, 11) is 1.38. The van der Waals surface area contributed by atoms with Gasteiger partial charge in [-0.05, 0) is 19.3 Å². The summed E-state index contributed by atoms with van der Waals surface area (Å²) < 4.78 is 4.42. The molecule has 0 spiro atoms. The van der Waals surface area contributed by atoms with Crippen LogP contribution in [0.4, 0.5) is 0 Å². The number of halogens is 1. The molecule has 0 atom stereocenters. The van der Waals surface area contributed by atoms with E-state index in [9.17, 15) is 4.79 Å². The van der Waals surface area contributed by atoms with Crippen LogP contribution in [0.1, 0.15) is 19.3 Å². The molecule has 0 fully saturated rings. The largest absolute Gasteiger partial charge is 0.466 e. The molecule has 0 N–H and O–H groups in total. The van der Waals surface area contributed by atoms with Gasteiger partial charge in [-0.15, -0.1) is 0 Å². The molecule has 0 aromatic carbocycles. The Kier molecular flexibility index (Phi) is 7.57. The zero-order valence-corrected chi connectivity index (χ0v) is 8.26. The molecule has 0 aliphatic heterocycles. The zero-order chi connectivity index (χ0) is 8.53. The van der Waals surface area contributed by atoms with Crippen molar-refractivity contribution in [3.63, 3.8) is 0 Å². The minimum atomic E-state index is -0.274. The fourth-order valence-corrected chi connectivity index (χ4v) is 1.00. The minimum absolute atomic E-state index is 0.274. The number of unbranched alkanes of at least 4 members (excludes halogenated alkanes) is 2. The Bertz CT molecular complexity index is 132. The number of methoxy groups -OCH3 is 1. The molecule has 0 rings (SSSR count). The zero-order valence-electron chi connectivity index (χ0n) is 6.68. The highest BCUT2D eigenvalue weighted by atomic mass is 79.9. The second kappa shape index (κ2) is 7.79. The van der Waals surface area contributed by atoms with Crippen LogP contribution in [0.15, 0.2) is 12.2 Å². The predicted molar refractivity (Wildman–Crippen MR) is 48.8 cm³/mol. The molecule has 0 saturated heterocycles. The van der Waals surface area contributed by atoms with Gasteiger partial charge in [-0.25, -0.2) is 4.79 Å². The molecule has 0 unspecified atom stereocenters. The van der Waals surface area contributed by atoms with Gasteiger partial charge in [0, 0.05) is 11.4 Å². The number of carbonyl (C=O) groups excluding carboxylic acids is 1. The average Bonchev–Trinajstić information content (AvgIpc) is 2.04. The van der Waals surface area contributed by atoms with E-state index >= 15 is 0 Å². The third kappa shape index (κ3) is 7.59. The van der Waals surface area contributed by atoms with Gasteiger partial charge in [-0.2, -0.15) is 0 Å². The highest BCUT2D eigenvalue weighted by molar-refractivity contribution is 9.09. The van der Waals surface area contributed by atoms with Gasteiger partial charge in [-0.3, -0.25) is 0 Å². The van der Waals surface area contributed by atoms with Gasteiger partial charge in [0.2, 0.25) is 0 Å². The van der Waals surface area contributed by atoms with Gasteiger partial charge in [-0.1, -0.05) is 22.0 Å². The minimum Gasteiger partial charge on any atom is -0.466 e. The maximum Gasteiger partial charge on any atom is 0.330 e. The van der Waals surface area contributed by atoms with Gasteiger partial charge in [0.15, 0.2) is 0 Å². The van der Waals surface area contributed by atoms with Crippen LogP contribution in [0.5, 0.6) is 0 Å². The van der Waals surface area contributed by atoms with E-state index in [2.05, 4.69) is 20.7 Å². The summed E-state index contributed by atoms with van der Waals surface area (Å²) in [5.74, 6) is -0.274. The van der Waals surface area contributed by atoms with Gasteiger partial charge in [0.1, 0.15) is 0 Å². The van der Waals surface area contributed by atoms with Crippen molar-refractivity contribution < 1.29 is 9.53 Å². The Morgan fingerprint density at radius 3 is 2.82 bits per heavy atom. The molecular weight excluding hydrogens is 208 g/mol. The van der Waals surface area contributed by atoms with Crippen LogP contribution in [0.25, 0.3) is 0 Å². The predicted octanol–water partition coefficient (Wildman–Crippen LogP) is 2.28. The van der Waals surface area contributed by atoms with Crippen molar-refractivity contribution in [2.24, 2.45) is 0 Å². The first-order chi connectivity index (χ1) is 5.31. The molecule has 11 heavy (non-hydrogen) atoms. The number of esters is 1. The lowest BCUT2D eigenvalue weighted by Crippen LogP contribution is -1.93. The first-order valence-corrected chi connectivity index (χ1v) is 4.74. The molecule has 0 aromatic heterocycles. The van der Waals surface area contributed by atoms with Crippen molar-refractivity contribution in [3.8, 4) is 0 Å². The van der Waals surface area contributed by atoms with Gasteiger partial charge < -0.3 is 4.74 Å². The van der Waals surface area contributed by atoms with Crippen molar-refractivity contribution in [1.29, 1.82) is 0 Å². The quantitative estimate of drug-likeness (QED) is 0.308. The third-order valence-corrected chi connectivity index (χ3v) is 1.77. The van der Waals surface area contributed by atoms with Crippen LogP contribution >= 0.6 is 15.9 Å². The summed E-state index contributed by atoms with van der Waals surface area (Å²) in [4.78, 5) is 10.5. The van der Waals surface area contributed by atoms with E-state index in [0.29, 0.717) is 0 Å². The number of hydrogen-bond acceptors (Lipinski definition) is 2. The molecule has 2 nitrogen and oxygen atoms in total. The number of alkyl halides is 1. The standard InChI is InChI=1S/C8H13BrO2/c1-11-8(10)6-4-2-3-5-7-9/h4,6H,2-3,5,7H2,1H3/b6-4+. The summed E-state index contributed by atoms with van der Waals surface area (Å²) in [5.41, 5.74) is 0. The number of carbonyl (C=O) groups is 1. The maximum atomic E-state index is 10.5. The third-order valence-electron chi connectivity index (χ3n) is 1.21. The number of allylic oxidation sites excluding steroid dienone is 1. The Morgan fingerprint density at radius 1 is 1.55 bits per heavy atom. The van der Waals surface area contributed by atoms with Crippen LogP contribution in [0.3, 0.4) is 0 Å². The lowest BCUT2D eigenvalue weighted by molar-refractivity contribution is -0.134. The van der Waals surface area contributed by atoms with Crippen LogP contribution in [0, 0.1) is 0 Å². The fourth-order valence-electron chi connectivity index (χ4n) is 0.604. The van der Waals surface area contributed by atoms with Crippen LogP contribution < -0.4 is 0 Å². The normalized spacial score (nSPS) is 10.4. The molecule has 3 heteroatoms. The Hall–Kier alpha value is -0.310. The summed E-state index contributed by atoms with van der Waals surface area (Å²) in [5, 5.41) is 1.03. The van der Waals surface area contributed by atoms with E-state index in [1.54, 1.807) is 0 Å². The van der Waals surface area contributed by atoms with Gasteiger partial charge in [0.05, 0.1) is 7.11 Å². The second-order valence-corrected chi connectivity index (χ2v) is 2.90. The van der Waals surface area contributed by atoms with Crippen LogP contribution in [-0.2, 0) is 9.53 Å². The molecular formula is C8H13BrO2. The molecule has 0 radical (unpaired) electrons. The fraction of sp³-hybridized carbons (Fsp3) is 0.625. The van der Waals surface area contributed by atoms with Crippen molar-refractivity contribution >= 4 is 21.9 Å². The average molecular weight is 221 g/mol. The highest BCUT2D eigenvalue weighted by Gasteiger charge is 1.88. The summed E-state index contributed by atoms with van der Waals surface area (Å²) in [6.07, 6.45) is 6.51. The van der Waals surface area contributed by atoms with E-state index in [0.717, 1.165) is 24.6 Å². The van der Waals surface area contributed by atoms with E-state index in [-0.39, 0.29) is 5.97 Å². The highest BCUT2D eigenvalue weighted by Crippen LogP contribution is 1.99. The van der Waals surface area contributed by atoms with Crippen molar-refractivity contribution in [2.75, 3.05) is 12.4 Å². The Balaban J connectivity index is 3.22. The maximum absolute atomic E-state index is 10.5. The van der Waals surface area contributed by atoms with Crippen molar-refractivity contribution in [3.05, 3.63) is 12.2 Å². The molecule has 0 aromatic rings. The number of ether oxygens (including phenoxy) is 1. The first kappa shape index (κ1) is 10.7. The topological polar surface area (TPSA) is 26.3 Å². The van der Waals surface area contributed by atoms with Crippen LogP contribution in [-0.4, -0.2) is 18.4 Å². The van der Waals surface area contributed by atoms with Gasteiger partial charge >= 0.3 is 5.97 Å². The van der Waals surface area contributed by atoms with E-state index < -0.39 is 0 Å². The van der Waals surface area contributed by atoms with Crippen LogP contribution in [0.2, 0.25) is 0 Å². The molecule has 64 valence electrons. The molecule has 0 saturated carbocycles. The SMILES string of the molecule is COC(=O)/C=C/CCCCBr. The summed E-state index contributed by atoms with van der Waals surface area (Å²) >= 11 is 3.33. The molecule has 0 heterocycles. The van der Waals surface area contributed by atoms with E-state index in [4.69, 9.17) is 0 Å². The second-order valence-electron chi connectivity index (χ2n) is 2.11. The molecule has 0 bridgehead atoms. The molecule has 0 aliphatic rings. The van der Waals surface area contributed by atoms with E-state index in [1.807, 2.05) is 6.08 Å². The van der Waals surface area contributed by atoms with E-state index in [1.165, 1.54) is 13.2 Å².